The molecule has 2 aromatic heterocycles. The summed E-state index contributed by atoms with van der Waals surface area (Å²) in [6.45, 7) is 5.58. The number of thiophene rings is 1. The van der Waals surface area contributed by atoms with Gasteiger partial charge in [0.1, 0.15) is 4.83 Å². The van der Waals surface area contributed by atoms with Crippen molar-refractivity contribution in [3.05, 3.63) is 25.6 Å². The van der Waals surface area contributed by atoms with Crippen LogP contribution in [-0.2, 0) is 6.54 Å². The number of H-pyrrole nitrogens is 1. The monoisotopic (exact) mass is 309 g/mol. The van der Waals surface area contributed by atoms with Gasteiger partial charge >= 0.3 is 0 Å². The minimum Gasteiger partial charge on any atom is -0.323 e. The maximum atomic E-state index is 12.6. The van der Waals surface area contributed by atoms with Gasteiger partial charge < -0.3 is 9.88 Å². The van der Waals surface area contributed by atoms with E-state index in [-0.39, 0.29) is 5.56 Å². The van der Waals surface area contributed by atoms with Gasteiger partial charge in [0, 0.05) is 24.0 Å². The molecule has 0 aliphatic heterocycles. The minimum atomic E-state index is 0.0507. The standard InChI is InChI=1S/C14H19N3OS2/c1-8-9(2)20-12-11(8)13(18)17(14(19)15-12)7-6-16(3)10-4-5-10/h10H,4-7H2,1-3H3,(H,15,19). The van der Waals surface area contributed by atoms with Gasteiger partial charge in [0.05, 0.1) is 5.39 Å². The number of hydrogen-bond acceptors (Lipinski definition) is 4. The molecule has 0 aromatic carbocycles. The fourth-order valence-corrected chi connectivity index (χ4v) is 3.92. The highest BCUT2D eigenvalue weighted by Crippen LogP contribution is 2.26. The second-order valence-corrected chi connectivity index (χ2v) is 7.20. The fourth-order valence-electron chi connectivity index (χ4n) is 2.52. The van der Waals surface area contributed by atoms with E-state index in [4.69, 9.17) is 12.2 Å². The van der Waals surface area contributed by atoms with Crippen LogP contribution in [0.4, 0.5) is 0 Å². The summed E-state index contributed by atoms with van der Waals surface area (Å²) < 4.78 is 2.24. The van der Waals surface area contributed by atoms with Crippen molar-refractivity contribution < 1.29 is 0 Å². The molecule has 6 heteroatoms. The maximum Gasteiger partial charge on any atom is 0.263 e. The molecule has 108 valence electrons. The summed E-state index contributed by atoms with van der Waals surface area (Å²) in [5, 5.41) is 0.801. The predicted molar refractivity (Wildman–Crippen MR) is 86.4 cm³/mol. The second kappa shape index (κ2) is 5.09. The summed E-state index contributed by atoms with van der Waals surface area (Å²) in [4.78, 5) is 20.3. The average Bonchev–Trinajstić information content (AvgIpc) is 3.17. The van der Waals surface area contributed by atoms with Gasteiger partial charge in [-0.2, -0.15) is 0 Å². The zero-order valence-electron chi connectivity index (χ0n) is 12.0. The zero-order chi connectivity index (χ0) is 14.4. The molecule has 0 amide bonds. The molecule has 1 saturated carbocycles. The lowest BCUT2D eigenvalue weighted by molar-refractivity contribution is 0.306. The molecule has 1 fully saturated rings. The number of aromatic nitrogens is 2. The van der Waals surface area contributed by atoms with Crippen LogP contribution in [0.15, 0.2) is 4.79 Å². The Labute approximate surface area is 127 Å². The zero-order valence-corrected chi connectivity index (χ0v) is 13.7. The number of fused-ring (bicyclic) bond motifs is 1. The Morgan fingerprint density at radius 2 is 2.15 bits per heavy atom. The number of aromatic amines is 1. The summed E-state index contributed by atoms with van der Waals surface area (Å²) >= 11 is 6.96. The summed E-state index contributed by atoms with van der Waals surface area (Å²) in [6.07, 6.45) is 2.56. The van der Waals surface area contributed by atoms with Crippen molar-refractivity contribution in [3.63, 3.8) is 0 Å². The number of hydrogen-bond donors (Lipinski definition) is 1. The minimum absolute atomic E-state index is 0.0507. The van der Waals surface area contributed by atoms with Crippen molar-refractivity contribution in [2.45, 2.75) is 39.3 Å². The van der Waals surface area contributed by atoms with Crippen LogP contribution in [0.5, 0.6) is 0 Å². The van der Waals surface area contributed by atoms with Gasteiger partial charge in [0.2, 0.25) is 0 Å². The van der Waals surface area contributed by atoms with Crippen LogP contribution in [0.3, 0.4) is 0 Å². The third-order valence-corrected chi connectivity index (χ3v) is 5.60. The van der Waals surface area contributed by atoms with E-state index in [0.717, 1.165) is 22.3 Å². The van der Waals surface area contributed by atoms with Gasteiger partial charge in [-0.15, -0.1) is 11.3 Å². The lowest BCUT2D eigenvalue weighted by atomic mass is 10.2. The van der Waals surface area contributed by atoms with E-state index in [0.29, 0.717) is 17.4 Å². The molecule has 20 heavy (non-hydrogen) atoms. The van der Waals surface area contributed by atoms with Crippen molar-refractivity contribution in [3.8, 4) is 0 Å². The summed E-state index contributed by atoms with van der Waals surface area (Å²) in [5.74, 6) is 0. The number of aryl methyl sites for hydroxylation is 2. The molecule has 0 spiro atoms. The third-order valence-electron chi connectivity index (χ3n) is 4.16. The molecule has 0 saturated heterocycles. The summed E-state index contributed by atoms with van der Waals surface area (Å²) in [7, 11) is 2.12. The molecule has 0 bridgehead atoms. The van der Waals surface area contributed by atoms with Crippen LogP contribution >= 0.6 is 23.6 Å². The molecule has 3 rings (SSSR count). The van der Waals surface area contributed by atoms with E-state index in [1.54, 1.807) is 15.9 Å². The number of rotatable bonds is 4. The molecular formula is C14H19N3OS2. The van der Waals surface area contributed by atoms with Crippen LogP contribution in [0, 0.1) is 18.6 Å². The van der Waals surface area contributed by atoms with Crippen molar-refractivity contribution in [1.82, 2.24) is 14.5 Å². The first kappa shape index (κ1) is 14.0. The molecule has 0 atom stereocenters. The Kier molecular flexibility index (Phi) is 3.56. The van der Waals surface area contributed by atoms with E-state index in [2.05, 4.69) is 16.9 Å². The first-order valence-electron chi connectivity index (χ1n) is 6.92. The normalized spacial score (nSPS) is 15.4. The Balaban J connectivity index is 1.99. The van der Waals surface area contributed by atoms with E-state index in [1.165, 1.54) is 17.7 Å². The Hall–Kier alpha value is -0.980. The molecule has 2 aromatic rings. The highest BCUT2D eigenvalue weighted by atomic mass is 32.1. The molecule has 4 nitrogen and oxygen atoms in total. The van der Waals surface area contributed by atoms with Crippen LogP contribution in [-0.4, -0.2) is 34.1 Å². The van der Waals surface area contributed by atoms with E-state index >= 15 is 0 Å². The van der Waals surface area contributed by atoms with Gasteiger partial charge in [-0.3, -0.25) is 9.36 Å². The Morgan fingerprint density at radius 3 is 2.80 bits per heavy atom. The first-order valence-corrected chi connectivity index (χ1v) is 8.14. The second-order valence-electron chi connectivity index (χ2n) is 5.59. The largest absolute Gasteiger partial charge is 0.323 e. The van der Waals surface area contributed by atoms with Crippen LogP contribution in [0.25, 0.3) is 10.2 Å². The van der Waals surface area contributed by atoms with Crippen LogP contribution in [0.1, 0.15) is 23.3 Å². The first-order chi connectivity index (χ1) is 9.49. The number of likely N-dealkylation sites (N-methyl/N-ethyl adjacent to an activating group) is 1. The van der Waals surface area contributed by atoms with Gasteiger partial charge in [0.25, 0.3) is 5.56 Å². The van der Waals surface area contributed by atoms with E-state index < -0.39 is 0 Å². The Morgan fingerprint density at radius 1 is 1.45 bits per heavy atom. The van der Waals surface area contributed by atoms with Crippen LogP contribution < -0.4 is 5.56 Å². The fraction of sp³-hybridized carbons (Fsp3) is 0.571. The Bertz CT molecular complexity index is 767. The third kappa shape index (κ3) is 2.36. The highest BCUT2D eigenvalue weighted by Gasteiger charge is 2.25. The summed E-state index contributed by atoms with van der Waals surface area (Å²) in [6, 6.07) is 0.706. The van der Waals surface area contributed by atoms with E-state index in [1.807, 2.05) is 13.8 Å². The quantitative estimate of drug-likeness (QED) is 0.883. The molecule has 0 unspecified atom stereocenters. The maximum absolute atomic E-state index is 12.6. The lowest BCUT2D eigenvalue weighted by Crippen LogP contribution is -2.30. The van der Waals surface area contributed by atoms with Crippen molar-refractivity contribution in [2.75, 3.05) is 13.6 Å². The van der Waals surface area contributed by atoms with Crippen molar-refractivity contribution >= 4 is 33.8 Å². The molecule has 0 radical (unpaired) electrons. The predicted octanol–water partition coefficient (Wildman–Crippen LogP) is 2.83. The molecule has 1 N–H and O–H groups in total. The van der Waals surface area contributed by atoms with Gasteiger partial charge in [-0.25, -0.2) is 0 Å². The topological polar surface area (TPSA) is 41.0 Å². The van der Waals surface area contributed by atoms with Gasteiger partial charge in [-0.1, -0.05) is 0 Å². The van der Waals surface area contributed by atoms with E-state index in [9.17, 15) is 4.79 Å². The van der Waals surface area contributed by atoms with Crippen LogP contribution in [0.2, 0.25) is 0 Å². The average molecular weight is 309 g/mol. The molecule has 1 aliphatic carbocycles. The van der Waals surface area contributed by atoms with Gasteiger partial charge in [0.15, 0.2) is 4.77 Å². The van der Waals surface area contributed by atoms with Gasteiger partial charge in [-0.05, 0) is 51.5 Å². The number of nitrogens with zero attached hydrogens (tertiary/aromatic N) is 2. The SMILES string of the molecule is Cc1sc2[nH]c(=S)n(CCN(C)C3CC3)c(=O)c2c1C. The lowest BCUT2D eigenvalue weighted by Gasteiger charge is -2.16. The highest BCUT2D eigenvalue weighted by molar-refractivity contribution is 7.71. The smallest absolute Gasteiger partial charge is 0.263 e. The van der Waals surface area contributed by atoms with Crippen molar-refractivity contribution in [2.24, 2.45) is 0 Å². The van der Waals surface area contributed by atoms with Crippen molar-refractivity contribution in [1.29, 1.82) is 0 Å². The molecule has 1 aliphatic rings. The molecular weight excluding hydrogens is 290 g/mol. The molecule has 2 heterocycles. The summed E-state index contributed by atoms with van der Waals surface area (Å²) in [5.41, 5.74) is 1.13. The number of nitrogens with one attached hydrogen (secondary N) is 1.